The van der Waals surface area contributed by atoms with Gasteiger partial charge in [-0.25, -0.2) is 0 Å². The third kappa shape index (κ3) is 2.58. The molecule has 1 fully saturated rings. The van der Waals surface area contributed by atoms with E-state index in [-0.39, 0.29) is 5.41 Å². The van der Waals surface area contributed by atoms with Crippen molar-refractivity contribution < 1.29 is 8.78 Å². The highest BCUT2D eigenvalue weighted by molar-refractivity contribution is 5.30. The second-order valence-corrected chi connectivity index (χ2v) is 7.60. The van der Waals surface area contributed by atoms with Gasteiger partial charge < -0.3 is 0 Å². The van der Waals surface area contributed by atoms with Gasteiger partial charge in [-0.15, -0.1) is 0 Å². The fourth-order valence-electron chi connectivity index (χ4n) is 4.75. The van der Waals surface area contributed by atoms with E-state index in [2.05, 4.69) is 40.7 Å². The van der Waals surface area contributed by atoms with Crippen molar-refractivity contribution in [3.8, 4) is 0 Å². The van der Waals surface area contributed by atoms with Gasteiger partial charge in [0.15, 0.2) is 0 Å². The van der Waals surface area contributed by atoms with Gasteiger partial charge >= 0.3 is 0 Å². The zero-order valence-electron chi connectivity index (χ0n) is 13.5. The van der Waals surface area contributed by atoms with Crippen LogP contribution in [0.3, 0.4) is 0 Å². The van der Waals surface area contributed by atoms with E-state index in [4.69, 9.17) is 0 Å². The lowest BCUT2D eigenvalue weighted by molar-refractivity contribution is 0.0499. The summed E-state index contributed by atoms with van der Waals surface area (Å²) in [7, 11) is 0. The quantitative estimate of drug-likeness (QED) is 0.529. The molecule has 0 saturated heterocycles. The lowest BCUT2D eigenvalue weighted by atomic mass is 9.52. The standard InChI is InChI=1S/C18H28F2/c1-11(2)15-7-6-14-10-13(17(19)20)8-9-18(14,5)16(15)12(3)4/h6,11-12,15-16H,7-10H2,1-5H3/t15?,16?,18-/m0/s1. The van der Waals surface area contributed by atoms with Crippen molar-refractivity contribution in [2.24, 2.45) is 29.1 Å². The van der Waals surface area contributed by atoms with E-state index in [0.29, 0.717) is 42.1 Å². The first-order valence-electron chi connectivity index (χ1n) is 8.00. The topological polar surface area (TPSA) is 0 Å². The molecule has 3 atom stereocenters. The minimum atomic E-state index is -1.44. The number of rotatable bonds is 2. The maximum atomic E-state index is 12.9. The predicted octanol–water partition coefficient (Wildman–Crippen LogP) is 6.20. The van der Waals surface area contributed by atoms with Gasteiger partial charge in [0.2, 0.25) is 0 Å². The van der Waals surface area contributed by atoms with Crippen LogP contribution < -0.4 is 0 Å². The highest BCUT2D eigenvalue weighted by atomic mass is 19.3. The number of allylic oxidation sites excluding steroid dienone is 3. The average Bonchev–Trinajstić information content (AvgIpc) is 2.35. The van der Waals surface area contributed by atoms with Crippen LogP contribution in [0, 0.1) is 29.1 Å². The number of hydrogen-bond donors (Lipinski definition) is 0. The number of fused-ring (bicyclic) bond motifs is 1. The Morgan fingerprint density at radius 1 is 1.20 bits per heavy atom. The Kier molecular flexibility index (Phi) is 4.41. The van der Waals surface area contributed by atoms with Gasteiger partial charge in [0.1, 0.15) is 0 Å². The average molecular weight is 282 g/mol. The van der Waals surface area contributed by atoms with Gasteiger partial charge in [-0.2, -0.15) is 8.78 Å². The molecule has 0 aromatic rings. The van der Waals surface area contributed by atoms with E-state index in [0.717, 1.165) is 12.8 Å². The van der Waals surface area contributed by atoms with Gasteiger partial charge in [-0.1, -0.05) is 46.3 Å². The van der Waals surface area contributed by atoms with E-state index < -0.39 is 6.08 Å². The smallest absolute Gasteiger partial charge is 0.173 e. The predicted molar refractivity (Wildman–Crippen MR) is 80.6 cm³/mol. The highest BCUT2D eigenvalue weighted by Gasteiger charge is 2.48. The fourth-order valence-corrected chi connectivity index (χ4v) is 4.75. The van der Waals surface area contributed by atoms with Gasteiger partial charge in [-0.05, 0) is 60.3 Å². The highest BCUT2D eigenvalue weighted by Crippen LogP contribution is 2.57. The van der Waals surface area contributed by atoms with Gasteiger partial charge in [0.25, 0.3) is 6.08 Å². The van der Waals surface area contributed by atoms with E-state index >= 15 is 0 Å². The Balaban J connectivity index is 2.38. The first kappa shape index (κ1) is 15.7. The maximum absolute atomic E-state index is 12.9. The molecule has 2 aliphatic rings. The molecule has 2 rings (SSSR count). The molecule has 0 aromatic carbocycles. The Morgan fingerprint density at radius 3 is 2.35 bits per heavy atom. The van der Waals surface area contributed by atoms with Crippen LogP contribution in [-0.2, 0) is 0 Å². The van der Waals surface area contributed by atoms with Crippen molar-refractivity contribution in [3.05, 3.63) is 23.3 Å². The molecule has 0 N–H and O–H groups in total. The van der Waals surface area contributed by atoms with Crippen molar-refractivity contribution in [2.45, 2.75) is 60.3 Å². The molecule has 0 aromatic heterocycles. The van der Waals surface area contributed by atoms with Crippen LogP contribution in [0.1, 0.15) is 60.3 Å². The molecule has 20 heavy (non-hydrogen) atoms. The Hall–Kier alpha value is -0.660. The summed E-state index contributed by atoms with van der Waals surface area (Å²) < 4.78 is 25.8. The number of halogens is 2. The third-order valence-electron chi connectivity index (χ3n) is 5.76. The molecule has 2 unspecified atom stereocenters. The van der Waals surface area contributed by atoms with E-state index in [1.54, 1.807) is 0 Å². The Morgan fingerprint density at radius 2 is 1.85 bits per heavy atom. The van der Waals surface area contributed by atoms with Crippen LogP contribution in [0.4, 0.5) is 8.78 Å². The lowest BCUT2D eigenvalue weighted by Gasteiger charge is -2.52. The minimum Gasteiger partial charge on any atom is -0.173 e. The van der Waals surface area contributed by atoms with Gasteiger partial charge in [0, 0.05) is 0 Å². The molecule has 0 nitrogen and oxygen atoms in total. The SMILES string of the molecule is CC(C)C1CC=C2CC(=C(F)F)CC[C@]2(C)C1C(C)C. The first-order chi connectivity index (χ1) is 9.27. The summed E-state index contributed by atoms with van der Waals surface area (Å²) >= 11 is 0. The fraction of sp³-hybridized carbons (Fsp3) is 0.778. The molecule has 0 bridgehead atoms. The first-order valence-corrected chi connectivity index (χ1v) is 8.00. The van der Waals surface area contributed by atoms with Crippen LogP contribution in [0.15, 0.2) is 23.3 Å². The summed E-state index contributed by atoms with van der Waals surface area (Å²) in [6.07, 6.45) is 3.87. The molecular weight excluding hydrogens is 254 g/mol. The van der Waals surface area contributed by atoms with Crippen molar-refractivity contribution in [3.63, 3.8) is 0 Å². The molecule has 0 aliphatic heterocycles. The van der Waals surface area contributed by atoms with E-state index in [1.165, 1.54) is 5.57 Å². The molecule has 2 heteroatoms. The van der Waals surface area contributed by atoms with Gasteiger partial charge in [0.05, 0.1) is 0 Å². The van der Waals surface area contributed by atoms with Crippen LogP contribution >= 0.6 is 0 Å². The molecule has 0 amide bonds. The summed E-state index contributed by atoms with van der Waals surface area (Å²) in [6.45, 7) is 11.5. The van der Waals surface area contributed by atoms with Crippen molar-refractivity contribution in [1.82, 2.24) is 0 Å². The maximum Gasteiger partial charge on any atom is 0.269 e. The monoisotopic (exact) mass is 282 g/mol. The summed E-state index contributed by atoms with van der Waals surface area (Å²) in [6, 6.07) is 0. The van der Waals surface area contributed by atoms with Crippen molar-refractivity contribution in [1.29, 1.82) is 0 Å². The Labute approximate surface area is 122 Å². The second kappa shape index (κ2) is 5.61. The summed E-state index contributed by atoms with van der Waals surface area (Å²) in [5, 5.41) is 0. The minimum absolute atomic E-state index is 0.125. The van der Waals surface area contributed by atoms with Gasteiger partial charge in [-0.3, -0.25) is 0 Å². The second-order valence-electron chi connectivity index (χ2n) is 7.60. The third-order valence-corrected chi connectivity index (χ3v) is 5.76. The van der Waals surface area contributed by atoms with Crippen LogP contribution in [0.25, 0.3) is 0 Å². The zero-order chi connectivity index (χ0) is 15.1. The zero-order valence-corrected chi connectivity index (χ0v) is 13.5. The van der Waals surface area contributed by atoms with E-state index in [9.17, 15) is 8.78 Å². The van der Waals surface area contributed by atoms with Crippen molar-refractivity contribution >= 4 is 0 Å². The molecule has 2 aliphatic carbocycles. The molecule has 0 heterocycles. The summed E-state index contributed by atoms with van der Waals surface area (Å²) in [4.78, 5) is 0. The van der Waals surface area contributed by atoms with Crippen LogP contribution in [-0.4, -0.2) is 0 Å². The van der Waals surface area contributed by atoms with E-state index in [1.807, 2.05) is 0 Å². The van der Waals surface area contributed by atoms with Crippen molar-refractivity contribution in [2.75, 3.05) is 0 Å². The largest absolute Gasteiger partial charge is 0.269 e. The molecule has 1 saturated carbocycles. The van der Waals surface area contributed by atoms with Crippen LogP contribution in [0.2, 0.25) is 0 Å². The molecule has 114 valence electrons. The summed E-state index contributed by atoms with van der Waals surface area (Å²) in [5.41, 5.74) is 1.78. The molecule has 0 spiro atoms. The number of hydrogen-bond acceptors (Lipinski definition) is 0. The molecular formula is C18H28F2. The normalized spacial score (nSPS) is 34.2. The van der Waals surface area contributed by atoms with Crippen LogP contribution in [0.5, 0.6) is 0 Å². The lowest BCUT2D eigenvalue weighted by Crippen LogP contribution is -2.44. The Bertz CT molecular complexity index is 427. The molecule has 0 radical (unpaired) electrons. The summed E-state index contributed by atoms with van der Waals surface area (Å²) in [5.74, 6) is 2.57.